The average Bonchev–Trinajstić information content (AvgIpc) is 2.17. The van der Waals surface area contributed by atoms with Crippen molar-refractivity contribution in [2.75, 3.05) is 39.3 Å². The maximum Gasteiger partial charge on any atom is 0.0777 e. The normalized spacial score (nSPS) is 12.0. The van der Waals surface area contributed by atoms with Crippen molar-refractivity contribution >= 4 is 8.07 Å². The van der Waals surface area contributed by atoms with E-state index in [0.29, 0.717) is 13.2 Å². The number of aliphatic hydroxyl groups excluding tert-OH is 2. The lowest BCUT2D eigenvalue weighted by atomic mass is 10.5. The summed E-state index contributed by atoms with van der Waals surface area (Å²) in [5, 5.41) is 17.1. The molecule has 0 aliphatic rings. The molecule has 15 heavy (non-hydrogen) atoms. The molecule has 0 saturated carbocycles. The maximum atomic E-state index is 8.58. The molecule has 0 aromatic heterocycles. The van der Waals surface area contributed by atoms with E-state index >= 15 is 0 Å². The number of ether oxygens (including phenoxy) is 2. The molecule has 2 N–H and O–H groups in total. The predicted molar refractivity (Wildman–Crippen MR) is 62.7 cm³/mol. The summed E-state index contributed by atoms with van der Waals surface area (Å²) in [5.74, 6) is 0. The molecule has 0 fully saturated rings. The Bertz CT molecular complexity index is 141. The van der Waals surface area contributed by atoms with E-state index in [1.807, 2.05) is 0 Å². The molecule has 0 aromatic rings. The van der Waals surface area contributed by atoms with Gasteiger partial charge in [-0.2, -0.15) is 0 Å². The van der Waals surface area contributed by atoms with Gasteiger partial charge in [-0.25, -0.2) is 0 Å². The van der Waals surface area contributed by atoms with E-state index in [2.05, 4.69) is 13.1 Å². The van der Waals surface area contributed by atoms with E-state index in [0.717, 1.165) is 25.3 Å². The van der Waals surface area contributed by atoms with Crippen LogP contribution >= 0.6 is 0 Å². The number of hydrogen-bond donors (Lipinski definition) is 2. The smallest absolute Gasteiger partial charge is 0.0777 e. The highest BCUT2D eigenvalue weighted by atomic mass is 28.3. The highest BCUT2D eigenvalue weighted by Crippen LogP contribution is 2.12. The van der Waals surface area contributed by atoms with Crippen LogP contribution in [0.25, 0.3) is 0 Å². The van der Waals surface area contributed by atoms with Gasteiger partial charge >= 0.3 is 0 Å². The van der Waals surface area contributed by atoms with Crippen LogP contribution in [0.2, 0.25) is 19.1 Å². The molecule has 4 nitrogen and oxygen atoms in total. The van der Waals surface area contributed by atoms with Gasteiger partial charge in [-0.15, -0.1) is 0 Å². The fourth-order valence-corrected chi connectivity index (χ4v) is 3.25. The molecule has 0 aromatic carbocycles. The van der Waals surface area contributed by atoms with Crippen LogP contribution in [0.1, 0.15) is 6.42 Å². The average molecular weight is 236 g/mol. The van der Waals surface area contributed by atoms with Gasteiger partial charge in [0.1, 0.15) is 0 Å². The van der Waals surface area contributed by atoms with Crippen LogP contribution in [0, 0.1) is 0 Å². The van der Waals surface area contributed by atoms with Crippen molar-refractivity contribution in [3.05, 3.63) is 0 Å². The van der Waals surface area contributed by atoms with E-state index in [9.17, 15) is 0 Å². The van der Waals surface area contributed by atoms with Crippen molar-refractivity contribution in [2.24, 2.45) is 0 Å². The lowest BCUT2D eigenvalue weighted by Crippen LogP contribution is -2.33. The van der Waals surface area contributed by atoms with Crippen molar-refractivity contribution in [2.45, 2.75) is 25.6 Å². The fraction of sp³-hybridized carbons (Fsp3) is 1.00. The summed E-state index contributed by atoms with van der Waals surface area (Å²) < 4.78 is 10.6. The summed E-state index contributed by atoms with van der Waals surface area (Å²) >= 11 is 0. The zero-order valence-electron chi connectivity index (χ0n) is 9.87. The Labute approximate surface area is 93.2 Å². The Hall–Kier alpha value is 0.0569. The van der Waals surface area contributed by atoms with Crippen LogP contribution in [0.4, 0.5) is 0 Å². The Morgan fingerprint density at radius 1 is 0.933 bits per heavy atom. The maximum absolute atomic E-state index is 8.58. The SMILES string of the molecule is C[Si](C)(CCCOCCO)COCCO. The van der Waals surface area contributed by atoms with Gasteiger partial charge in [-0.05, 0) is 6.42 Å². The molecule has 0 unspecified atom stereocenters. The molecule has 0 aliphatic carbocycles. The van der Waals surface area contributed by atoms with Crippen LogP contribution in [0.5, 0.6) is 0 Å². The third-order valence-corrected chi connectivity index (χ3v) is 4.80. The zero-order chi connectivity index (χ0) is 11.6. The molecule has 0 aliphatic heterocycles. The predicted octanol–water partition coefficient (Wildman–Crippen LogP) is 0.642. The van der Waals surface area contributed by atoms with Gasteiger partial charge in [0.05, 0.1) is 34.5 Å². The van der Waals surface area contributed by atoms with E-state index in [-0.39, 0.29) is 13.2 Å². The number of rotatable bonds is 10. The van der Waals surface area contributed by atoms with Crippen LogP contribution in [0.15, 0.2) is 0 Å². The van der Waals surface area contributed by atoms with Crippen molar-refractivity contribution < 1.29 is 19.7 Å². The van der Waals surface area contributed by atoms with Crippen LogP contribution in [0.3, 0.4) is 0 Å². The van der Waals surface area contributed by atoms with E-state index in [4.69, 9.17) is 19.7 Å². The molecule has 0 atom stereocenters. The third kappa shape index (κ3) is 10.3. The monoisotopic (exact) mass is 236 g/mol. The molecular weight excluding hydrogens is 212 g/mol. The highest BCUT2D eigenvalue weighted by Gasteiger charge is 2.20. The van der Waals surface area contributed by atoms with Gasteiger partial charge < -0.3 is 19.7 Å². The second-order valence-electron chi connectivity index (χ2n) is 4.38. The lowest BCUT2D eigenvalue weighted by Gasteiger charge is -2.21. The topological polar surface area (TPSA) is 58.9 Å². The summed E-state index contributed by atoms with van der Waals surface area (Å²) in [5.41, 5.74) is 0. The molecule has 0 rings (SSSR count). The van der Waals surface area contributed by atoms with Crippen LogP contribution in [-0.2, 0) is 9.47 Å². The first-order valence-corrected chi connectivity index (χ1v) is 8.91. The number of hydrogen-bond acceptors (Lipinski definition) is 4. The first-order valence-electron chi connectivity index (χ1n) is 5.49. The second kappa shape index (κ2) is 9.29. The van der Waals surface area contributed by atoms with E-state index in [1.54, 1.807) is 0 Å². The molecule has 0 radical (unpaired) electrons. The fourth-order valence-electron chi connectivity index (χ4n) is 1.30. The standard InChI is InChI=1S/C10H24O4Si/c1-15(2,10-14-8-5-12)9-3-6-13-7-4-11/h11-12H,3-10H2,1-2H3. The molecule has 0 heterocycles. The molecule has 0 spiro atoms. The first-order chi connectivity index (χ1) is 7.12. The largest absolute Gasteiger partial charge is 0.394 e. The summed E-state index contributed by atoms with van der Waals surface area (Å²) in [6.07, 6.45) is 1.83. The van der Waals surface area contributed by atoms with Gasteiger partial charge in [0.15, 0.2) is 0 Å². The van der Waals surface area contributed by atoms with Crippen molar-refractivity contribution in [1.82, 2.24) is 0 Å². The zero-order valence-corrected chi connectivity index (χ0v) is 10.9. The van der Waals surface area contributed by atoms with Gasteiger partial charge in [-0.1, -0.05) is 19.1 Å². The first kappa shape index (κ1) is 15.1. The minimum Gasteiger partial charge on any atom is -0.394 e. The molecule has 0 amide bonds. The minimum atomic E-state index is -1.28. The molecule has 92 valence electrons. The molecule has 0 bridgehead atoms. The van der Waals surface area contributed by atoms with E-state index in [1.165, 1.54) is 0 Å². The number of aliphatic hydroxyl groups is 2. The Morgan fingerprint density at radius 2 is 1.53 bits per heavy atom. The Morgan fingerprint density at radius 3 is 2.13 bits per heavy atom. The highest BCUT2D eigenvalue weighted by molar-refractivity contribution is 6.77. The van der Waals surface area contributed by atoms with Gasteiger partial charge in [0.25, 0.3) is 0 Å². The molecule has 0 saturated heterocycles. The van der Waals surface area contributed by atoms with Crippen LogP contribution < -0.4 is 0 Å². The third-order valence-electron chi connectivity index (χ3n) is 2.11. The van der Waals surface area contributed by atoms with Crippen molar-refractivity contribution in [3.8, 4) is 0 Å². The quantitative estimate of drug-likeness (QED) is 0.432. The molecule has 5 heteroatoms. The Kier molecular flexibility index (Phi) is 9.33. The summed E-state index contributed by atoms with van der Waals surface area (Å²) in [7, 11) is -1.28. The summed E-state index contributed by atoms with van der Waals surface area (Å²) in [6.45, 7) is 6.34. The van der Waals surface area contributed by atoms with Crippen molar-refractivity contribution in [3.63, 3.8) is 0 Å². The summed E-state index contributed by atoms with van der Waals surface area (Å²) in [4.78, 5) is 0. The summed E-state index contributed by atoms with van der Waals surface area (Å²) in [6, 6.07) is 1.16. The minimum absolute atomic E-state index is 0.0977. The Balaban J connectivity index is 3.38. The van der Waals surface area contributed by atoms with Crippen molar-refractivity contribution in [1.29, 1.82) is 0 Å². The van der Waals surface area contributed by atoms with Gasteiger partial charge in [-0.3, -0.25) is 0 Å². The second-order valence-corrected chi connectivity index (χ2v) is 9.50. The van der Waals surface area contributed by atoms with Gasteiger partial charge in [0, 0.05) is 12.8 Å². The van der Waals surface area contributed by atoms with Gasteiger partial charge in [0.2, 0.25) is 0 Å². The van der Waals surface area contributed by atoms with Crippen LogP contribution in [-0.4, -0.2) is 57.6 Å². The molecular formula is C10H24O4Si. The van der Waals surface area contributed by atoms with E-state index < -0.39 is 8.07 Å². The lowest BCUT2D eigenvalue weighted by molar-refractivity contribution is 0.0921.